The molecule has 1 aliphatic carbocycles. The number of carbonyl (C=O) groups is 2. The van der Waals surface area contributed by atoms with E-state index in [0.29, 0.717) is 19.5 Å². The fourth-order valence-electron chi connectivity index (χ4n) is 3.30. The SMILES string of the molecule is CC1(C(=O)O)CCCN(C(=O)C2CCCCC2N)C1. The fraction of sp³-hybridized carbons (Fsp3) is 0.857. The third-order valence-electron chi connectivity index (χ3n) is 4.66. The van der Waals surface area contributed by atoms with Gasteiger partial charge in [0.2, 0.25) is 5.91 Å². The lowest BCUT2D eigenvalue weighted by Crippen LogP contribution is -2.53. The molecule has 5 heteroatoms. The Morgan fingerprint density at radius 3 is 2.58 bits per heavy atom. The molecule has 1 amide bonds. The molecule has 3 atom stereocenters. The maximum atomic E-state index is 12.5. The number of nitrogens with two attached hydrogens (primary N) is 1. The van der Waals surface area contributed by atoms with E-state index in [0.717, 1.165) is 32.1 Å². The molecular weight excluding hydrogens is 244 g/mol. The second-order valence-corrected chi connectivity index (χ2v) is 6.28. The van der Waals surface area contributed by atoms with Crippen LogP contribution in [0.1, 0.15) is 45.4 Å². The van der Waals surface area contributed by atoms with Crippen LogP contribution in [0.4, 0.5) is 0 Å². The Morgan fingerprint density at radius 2 is 1.95 bits per heavy atom. The summed E-state index contributed by atoms with van der Waals surface area (Å²) in [5.41, 5.74) is 5.25. The molecule has 19 heavy (non-hydrogen) atoms. The number of amides is 1. The molecule has 0 aromatic rings. The number of carboxylic acid groups (broad SMARTS) is 1. The van der Waals surface area contributed by atoms with Crippen molar-refractivity contribution in [2.75, 3.05) is 13.1 Å². The fourth-order valence-corrected chi connectivity index (χ4v) is 3.30. The van der Waals surface area contributed by atoms with E-state index in [-0.39, 0.29) is 17.9 Å². The van der Waals surface area contributed by atoms with Crippen molar-refractivity contribution < 1.29 is 14.7 Å². The molecule has 2 aliphatic rings. The molecule has 0 aromatic carbocycles. The zero-order valence-corrected chi connectivity index (χ0v) is 11.6. The van der Waals surface area contributed by atoms with Gasteiger partial charge in [0.1, 0.15) is 0 Å². The Kier molecular flexibility index (Phi) is 4.13. The molecule has 0 aromatic heterocycles. The highest BCUT2D eigenvalue weighted by Crippen LogP contribution is 2.32. The molecule has 3 unspecified atom stereocenters. The third-order valence-corrected chi connectivity index (χ3v) is 4.66. The van der Waals surface area contributed by atoms with E-state index >= 15 is 0 Å². The van der Waals surface area contributed by atoms with Crippen LogP contribution in [0.5, 0.6) is 0 Å². The molecule has 2 rings (SSSR count). The van der Waals surface area contributed by atoms with Gasteiger partial charge in [-0.3, -0.25) is 9.59 Å². The Hall–Kier alpha value is -1.10. The molecule has 3 N–H and O–H groups in total. The quantitative estimate of drug-likeness (QED) is 0.788. The Bertz CT molecular complexity index is 372. The minimum atomic E-state index is -0.807. The van der Waals surface area contributed by atoms with Crippen LogP contribution in [0.3, 0.4) is 0 Å². The Labute approximate surface area is 114 Å². The number of carboxylic acids is 1. The standard InChI is InChI=1S/C14H24N2O3/c1-14(13(18)19)7-4-8-16(9-14)12(17)10-5-2-3-6-11(10)15/h10-11H,2-9,15H2,1H3,(H,18,19). The summed E-state index contributed by atoms with van der Waals surface area (Å²) >= 11 is 0. The number of hydrogen-bond donors (Lipinski definition) is 2. The second kappa shape index (κ2) is 5.49. The number of aliphatic carboxylic acids is 1. The van der Waals surface area contributed by atoms with Crippen molar-refractivity contribution in [1.29, 1.82) is 0 Å². The minimum absolute atomic E-state index is 0.0562. The van der Waals surface area contributed by atoms with Crippen molar-refractivity contribution >= 4 is 11.9 Å². The van der Waals surface area contributed by atoms with E-state index < -0.39 is 11.4 Å². The van der Waals surface area contributed by atoms with E-state index in [1.807, 2.05) is 0 Å². The number of carbonyl (C=O) groups excluding carboxylic acids is 1. The number of nitrogens with zero attached hydrogens (tertiary/aromatic N) is 1. The predicted molar refractivity (Wildman–Crippen MR) is 71.5 cm³/mol. The molecule has 1 aliphatic heterocycles. The lowest BCUT2D eigenvalue weighted by atomic mass is 9.79. The summed E-state index contributed by atoms with van der Waals surface area (Å²) in [6.07, 6.45) is 5.30. The van der Waals surface area contributed by atoms with Gasteiger partial charge in [-0.05, 0) is 32.6 Å². The van der Waals surface area contributed by atoms with E-state index in [1.165, 1.54) is 0 Å². The zero-order valence-electron chi connectivity index (χ0n) is 11.6. The van der Waals surface area contributed by atoms with Gasteiger partial charge in [0.25, 0.3) is 0 Å². The van der Waals surface area contributed by atoms with E-state index in [9.17, 15) is 14.7 Å². The summed E-state index contributed by atoms with van der Waals surface area (Å²) in [5, 5.41) is 9.30. The van der Waals surface area contributed by atoms with Crippen molar-refractivity contribution in [2.24, 2.45) is 17.1 Å². The van der Waals surface area contributed by atoms with Crippen LogP contribution in [0.25, 0.3) is 0 Å². The summed E-state index contributed by atoms with van der Waals surface area (Å²) in [7, 11) is 0. The first kappa shape index (κ1) is 14.3. The molecule has 0 bridgehead atoms. The first-order chi connectivity index (χ1) is 8.94. The number of piperidine rings is 1. The molecule has 0 radical (unpaired) electrons. The van der Waals surface area contributed by atoms with Crippen molar-refractivity contribution in [1.82, 2.24) is 4.90 Å². The number of rotatable bonds is 2. The van der Waals surface area contributed by atoms with Gasteiger partial charge in [-0.1, -0.05) is 12.8 Å². The maximum absolute atomic E-state index is 12.5. The van der Waals surface area contributed by atoms with E-state index in [1.54, 1.807) is 11.8 Å². The van der Waals surface area contributed by atoms with Crippen LogP contribution in [-0.2, 0) is 9.59 Å². The molecule has 2 fully saturated rings. The summed E-state index contributed by atoms with van der Waals surface area (Å²) < 4.78 is 0. The lowest BCUT2D eigenvalue weighted by Gasteiger charge is -2.40. The van der Waals surface area contributed by atoms with Crippen molar-refractivity contribution in [3.8, 4) is 0 Å². The number of likely N-dealkylation sites (tertiary alicyclic amines) is 1. The maximum Gasteiger partial charge on any atom is 0.311 e. The highest BCUT2D eigenvalue weighted by Gasteiger charge is 2.41. The van der Waals surface area contributed by atoms with Crippen LogP contribution in [0, 0.1) is 11.3 Å². The van der Waals surface area contributed by atoms with Gasteiger partial charge in [-0.25, -0.2) is 0 Å². The summed E-state index contributed by atoms with van der Waals surface area (Å²) in [6.45, 7) is 2.73. The normalized spacial score (nSPS) is 36.0. The minimum Gasteiger partial charge on any atom is -0.481 e. The topological polar surface area (TPSA) is 83.6 Å². The average Bonchev–Trinajstić information content (AvgIpc) is 2.38. The predicted octanol–water partition coefficient (Wildman–Crippen LogP) is 1.22. The summed E-state index contributed by atoms with van der Waals surface area (Å²) in [5.74, 6) is -0.845. The van der Waals surface area contributed by atoms with Crippen LogP contribution < -0.4 is 5.73 Å². The van der Waals surface area contributed by atoms with Crippen LogP contribution in [0.2, 0.25) is 0 Å². The molecular formula is C14H24N2O3. The Morgan fingerprint density at radius 1 is 1.26 bits per heavy atom. The molecule has 108 valence electrons. The van der Waals surface area contributed by atoms with Crippen molar-refractivity contribution in [3.63, 3.8) is 0 Å². The zero-order chi connectivity index (χ0) is 14.0. The first-order valence-corrected chi connectivity index (χ1v) is 7.22. The van der Waals surface area contributed by atoms with Crippen LogP contribution in [0.15, 0.2) is 0 Å². The monoisotopic (exact) mass is 268 g/mol. The molecule has 1 heterocycles. The molecule has 0 spiro atoms. The lowest BCUT2D eigenvalue weighted by molar-refractivity contribution is -0.154. The molecule has 1 saturated carbocycles. The van der Waals surface area contributed by atoms with Crippen LogP contribution in [-0.4, -0.2) is 41.0 Å². The summed E-state index contributed by atoms with van der Waals surface area (Å²) in [4.78, 5) is 25.6. The molecule has 5 nitrogen and oxygen atoms in total. The Balaban J connectivity index is 2.04. The average molecular weight is 268 g/mol. The van der Waals surface area contributed by atoms with Gasteiger partial charge in [0, 0.05) is 19.1 Å². The number of hydrogen-bond acceptors (Lipinski definition) is 3. The largest absolute Gasteiger partial charge is 0.481 e. The van der Waals surface area contributed by atoms with Gasteiger partial charge in [-0.2, -0.15) is 0 Å². The van der Waals surface area contributed by atoms with Gasteiger partial charge < -0.3 is 15.7 Å². The van der Waals surface area contributed by atoms with Crippen molar-refractivity contribution in [3.05, 3.63) is 0 Å². The van der Waals surface area contributed by atoms with Gasteiger partial charge in [0.05, 0.1) is 11.3 Å². The molecule has 1 saturated heterocycles. The van der Waals surface area contributed by atoms with E-state index in [4.69, 9.17) is 5.73 Å². The highest BCUT2D eigenvalue weighted by molar-refractivity contribution is 5.81. The first-order valence-electron chi connectivity index (χ1n) is 7.22. The summed E-state index contributed by atoms with van der Waals surface area (Å²) in [6, 6.07) is -0.0562. The van der Waals surface area contributed by atoms with E-state index in [2.05, 4.69) is 0 Å². The smallest absolute Gasteiger partial charge is 0.311 e. The second-order valence-electron chi connectivity index (χ2n) is 6.28. The van der Waals surface area contributed by atoms with Gasteiger partial charge in [0.15, 0.2) is 0 Å². The van der Waals surface area contributed by atoms with Gasteiger partial charge in [-0.15, -0.1) is 0 Å². The van der Waals surface area contributed by atoms with Crippen LogP contribution >= 0.6 is 0 Å². The third kappa shape index (κ3) is 2.91. The highest BCUT2D eigenvalue weighted by atomic mass is 16.4. The van der Waals surface area contributed by atoms with Crippen molar-refractivity contribution in [2.45, 2.75) is 51.5 Å². The van der Waals surface area contributed by atoms with Gasteiger partial charge >= 0.3 is 5.97 Å².